The SMILES string of the molecule is CC(=CN(C)C)C=[N+](C)C.[I-]. The van der Waals surface area contributed by atoms with Crippen molar-refractivity contribution in [2.45, 2.75) is 6.92 Å². The lowest BCUT2D eigenvalue weighted by Crippen LogP contribution is -3.00. The van der Waals surface area contributed by atoms with Gasteiger partial charge >= 0.3 is 0 Å². The first kappa shape index (κ1) is 13.5. The topological polar surface area (TPSA) is 6.25 Å². The van der Waals surface area contributed by atoms with E-state index in [0.717, 1.165) is 0 Å². The van der Waals surface area contributed by atoms with E-state index in [2.05, 4.69) is 19.3 Å². The van der Waals surface area contributed by atoms with Crippen molar-refractivity contribution in [3.8, 4) is 0 Å². The molecule has 66 valence electrons. The number of hydrogen-bond donors (Lipinski definition) is 0. The van der Waals surface area contributed by atoms with Crippen LogP contribution in [0.1, 0.15) is 6.92 Å². The van der Waals surface area contributed by atoms with Crippen molar-refractivity contribution >= 4 is 6.21 Å². The lowest BCUT2D eigenvalue weighted by atomic mass is 10.3. The molecule has 0 aliphatic rings. The molecule has 0 aliphatic heterocycles. The van der Waals surface area contributed by atoms with Gasteiger partial charge in [0.15, 0.2) is 6.21 Å². The van der Waals surface area contributed by atoms with Crippen LogP contribution in [0.15, 0.2) is 11.8 Å². The Hall–Kier alpha value is -0.0600. The van der Waals surface area contributed by atoms with Crippen molar-refractivity contribution in [3.63, 3.8) is 0 Å². The van der Waals surface area contributed by atoms with Crippen molar-refractivity contribution in [1.82, 2.24) is 4.90 Å². The number of rotatable bonds is 2. The van der Waals surface area contributed by atoms with Gasteiger partial charge < -0.3 is 28.9 Å². The van der Waals surface area contributed by atoms with Crippen molar-refractivity contribution in [2.24, 2.45) is 0 Å². The standard InChI is InChI=1S/C8H17N2.HI/c1-8(6-9(2)3)7-10(4)5;/h6-7H,1-5H3;1H/q+1;/p-1. The lowest BCUT2D eigenvalue weighted by Gasteiger charge is -2.03. The smallest absolute Gasteiger partial charge is 0.167 e. The van der Waals surface area contributed by atoms with Crippen LogP contribution in [0, 0.1) is 0 Å². The Balaban J connectivity index is 0. The molecule has 0 atom stereocenters. The highest BCUT2D eigenvalue weighted by atomic mass is 127. The zero-order valence-corrected chi connectivity index (χ0v) is 10.1. The van der Waals surface area contributed by atoms with Crippen LogP contribution in [0.5, 0.6) is 0 Å². The van der Waals surface area contributed by atoms with Crippen LogP contribution < -0.4 is 24.0 Å². The van der Waals surface area contributed by atoms with E-state index in [9.17, 15) is 0 Å². The van der Waals surface area contributed by atoms with Crippen molar-refractivity contribution in [2.75, 3.05) is 28.2 Å². The van der Waals surface area contributed by atoms with Gasteiger partial charge in [0.2, 0.25) is 0 Å². The molecule has 0 aromatic carbocycles. The number of allylic oxidation sites excluding steroid dienone is 1. The Morgan fingerprint density at radius 1 is 1.27 bits per heavy atom. The molecule has 0 radical (unpaired) electrons. The third kappa shape index (κ3) is 9.94. The number of hydrogen-bond acceptors (Lipinski definition) is 1. The van der Waals surface area contributed by atoms with Crippen LogP contribution in [0.3, 0.4) is 0 Å². The Labute approximate surface area is 86.6 Å². The Morgan fingerprint density at radius 2 is 1.73 bits per heavy atom. The van der Waals surface area contributed by atoms with Gasteiger partial charge in [-0.05, 0) is 6.92 Å². The first-order chi connectivity index (χ1) is 4.52. The summed E-state index contributed by atoms with van der Waals surface area (Å²) in [6.45, 7) is 2.08. The second kappa shape index (κ2) is 6.64. The minimum Gasteiger partial charge on any atom is -1.00 e. The van der Waals surface area contributed by atoms with Gasteiger partial charge in [0.25, 0.3) is 0 Å². The molecule has 0 bridgehead atoms. The van der Waals surface area contributed by atoms with E-state index < -0.39 is 0 Å². The van der Waals surface area contributed by atoms with E-state index in [0.29, 0.717) is 0 Å². The molecule has 0 amide bonds. The molecule has 11 heavy (non-hydrogen) atoms. The Morgan fingerprint density at radius 3 is 2.00 bits per heavy atom. The Kier molecular flexibility index (Phi) is 8.16. The van der Waals surface area contributed by atoms with Crippen molar-refractivity contribution in [3.05, 3.63) is 11.8 Å². The predicted octanol–water partition coefficient (Wildman–Crippen LogP) is -2.20. The molecule has 0 fully saturated rings. The fourth-order valence-electron chi connectivity index (χ4n) is 0.848. The molecular weight excluding hydrogens is 251 g/mol. The zero-order valence-electron chi connectivity index (χ0n) is 7.93. The lowest BCUT2D eigenvalue weighted by molar-refractivity contribution is -0.459. The summed E-state index contributed by atoms with van der Waals surface area (Å²) < 4.78 is 2.04. The first-order valence-electron chi connectivity index (χ1n) is 3.38. The van der Waals surface area contributed by atoms with E-state index in [1.165, 1.54) is 5.57 Å². The molecule has 0 rings (SSSR count). The van der Waals surface area contributed by atoms with E-state index in [4.69, 9.17) is 0 Å². The molecule has 0 saturated heterocycles. The van der Waals surface area contributed by atoms with Gasteiger partial charge in [-0.3, -0.25) is 0 Å². The average Bonchev–Trinajstić information content (AvgIpc) is 1.58. The first-order valence-corrected chi connectivity index (χ1v) is 3.38. The minimum atomic E-state index is 0. The van der Waals surface area contributed by atoms with Gasteiger partial charge in [-0.25, -0.2) is 4.58 Å². The fraction of sp³-hybridized carbons (Fsp3) is 0.625. The maximum absolute atomic E-state index is 2.08. The number of nitrogens with zero attached hydrogens (tertiary/aromatic N) is 2. The largest absolute Gasteiger partial charge is 1.00 e. The van der Waals surface area contributed by atoms with Gasteiger partial charge in [-0.15, -0.1) is 0 Å². The molecule has 3 heteroatoms. The van der Waals surface area contributed by atoms with Crippen molar-refractivity contribution < 1.29 is 28.6 Å². The van der Waals surface area contributed by atoms with E-state index in [1.807, 2.05) is 37.7 Å². The molecular formula is C8H17IN2. The van der Waals surface area contributed by atoms with Gasteiger partial charge in [0, 0.05) is 25.9 Å². The van der Waals surface area contributed by atoms with Crippen LogP contribution in [0.2, 0.25) is 0 Å². The summed E-state index contributed by atoms with van der Waals surface area (Å²) in [5.41, 5.74) is 1.26. The highest BCUT2D eigenvalue weighted by molar-refractivity contribution is 5.72. The predicted molar refractivity (Wildman–Crippen MR) is 45.6 cm³/mol. The molecule has 0 aromatic heterocycles. The third-order valence-corrected chi connectivity index (χ3v) is 0.924. The Bertz CT molecular complexity index is 155. The summed E-state index contributed by atoms with van der Waals surface area (Å²) in [6, 6.07) is 0. The third-order valence-electron chi connectivity index (χ3n) is 0.924. The molecule has 2 nitrogen and oxygen atoms in total. The molecule has 0 unspecified atom stereocenters. The van der Waals surface area contributed by atoms with Crippen LogP contribution in [-0.2, 0) is 0 Å². The molecule has 0 N–H and O–H groups in total. The summed E-state index contributed by atoms with van der Waals surface area (Å²) in [5.74, 6) is 0. The van der Waals surface area contributed by atoms with Crippen LogP contribution >= 0.6 is 0 Å². The second-order valence-corrected chi connectivity index (χ2v) is 2.93. The summed E-state index contributed by atoms with van der Waals surface area (Å²) in [6.07, 6.45) is 4.17. The zero-order chi connectivity index (χ0) is 8.15. The second-order valence-electron chi connectivity index (χ2n) is 2.93. The van der Waals surface area contributed by atoms with Gasteiger partial charge in [-0.2, -0.15) is 0 Å². The molecule has 0 aromatic rings. The molecule has 0 heterocycles. The van der Waals surface area contributed by atoms with E-state index >= 15 is 0 Å². The van der Waals surface area contributed by atoms with E-state index in [-0.39, 0.29) is 24.0 Å². The summed E-state index contributed by atoms with van der Waals surface area (Å²) >= 11 is 0. The quantitative estimate of drug-likeness (QED) is 0.313. The monoisotopic (exact) mass is 268 g/mol. The van der Waals surface area contributed by atoms with Crippen LogP contribution in [0.4, 0.5) is 0 Å². The average molecular weight is 268 g/mol. The summed E-state index contributed by atoms with van der Waals surface area (Å²) in [7, 11) is 8.08. The normalized spacial score (nSPS) is 10.1. The van der Waals surface area contributed by atoms with Gasteiger partial charge in [-0.1, -0.05) is 0 Å². The maximum atomic E-state index is 2.08. The molecule has 0 aliphatic carbocycles. The molecule has 0 saturated carbocycles. The highest BCUT2D eigenvalue weighted by Gasteiger charge is 1.88. The van der Waals surface area contributed by atoms with E-state index in [1.54, 1.807) is 0 Å². The van der Waals surface area contributed by atoms with Crippen LogP contribution in [-0.4, -0.2) is 43.9 Å². The van der Waals surface area contributed by atoms with Crippen molar-refractivity contribution in [1.29, 1.82) is 0 Å². The summed E-state index contributed by atoms with van der Waals surface area (Å²) in [5, 5.41) is 0. The fourth-order valence-corrected chi connectivity index (χ4v) is 0.848. The maximum Gasteiger partial charge on any atom is 0.167 e. The van der Waals surface area contributed by atoms with Crippen LogP contribution in [0.25, 0.3) is 0 Å². The minimum absolute atomic E-state index is 0. The van der Waals surface area contributed by atoms with Gasteiger partial charge in [0.05, 0.1) is 0 Å². The highest BCUT2D eigenvalue weighted by Crippen LogP contribution is 1.87. The number of halogens is 1. The molecule has 0 spiro atoms. The van der Waals surface area contributed by atoms with Gasteiger partial charge in [0.1, 0.15) is 14.1 Å². The summed E-state index contributed by atoms with van der Waals surface area (Å²) in [4.78, 5) is 2.04.